The fraction of sp³-hybridized carbons (Fsp3) is 0.375. The molecule has 0 fully saturated rings. The maximum atomic E-state index is 5.86. The Morgan fingerprint density at radius 2 is 1.90 bits per heavy atom. The van der Waals surface area contributed by atoms with Crippen LogP contribution in [0.15, 0.2) is 36.5 Å². The van der Waals surface area contributed by atoms with Gasteiger partial charge in [0.1, 0.15) is 11.6 Å². The maximum Gasteiger partial charge on any atom is 0.165 e. The first-order chi connectivity index (χ1) is 9.58. The molecule has 106 valence electrons. The van der Waals surface area contributed by atoms with E-state index in [9.17, 15) is 0 Å². The van der Waals surface area contributed by atoms with Gasteiger partial charge in [0.25, 0.3) is 0 Å². The summed E-state index contributed by atoms with van der Waals surface area (Å²) < 4.78 is 5.86. The number of hydrogen-bond donors (Lipinski definition) is 0. The van der Waals surface area contributed by atoms with Gasteiger partial charge in [0.05, 0.1) is 12.2 Å². The first-order valence-electron chi connectivity index (χ1n) is 6.80. The molecule has 0 unspecified atom stereocenters. The lowest BCUT2D eigenvalue weighted by atomic mass is 10.2. The van der Waals surface area contributed by atoms with E-state index in [1.807, 2.05) is 49.3 Å². The van der Waals surface area contributed by atoms with Crippen molar-refractivity contribution in [3.63, 3.8) is 0 Å². The number of ether oxygens (including phenoxy) is 1. The van der Waals surface area contributed by atoms with Crippen molar-refractivity contribution < 1.29 is 4.74 Å². The number of hydrogen-bond acceptors (Lipinski definition) is 4. The van der Waals surface area contributed by atoms with E-state index in [-0.39, 0.29) is 0 Å². The van der Waals surface area contributed by atoms with Crippen molar-refractivity contribution >= 4 is 5.82 Å². The Morgan fingerprint density at radius 3 is 2.60 bits per heavy atom. The molecule has 1 aromatic carbocycles. The summed E-state index contributed by atoms with van der Waals surface area (Å²) in [6.45, 7) is 4.95. The highest BCUT2D eigenvalue weighted by molar-refractivity contribution is 5.65. The monoisotopic (exact) mass is 271 g/mol. The van der Waals surface area contributed by atoms with Gasteiger partial charge in [-0.2, -0.15) is 0 Å². The van der Waals surface area contributed by atoms with Crippen molar-refractivity contribution in [3.8, 4) is 17.1 Å². The Kier molecular flexibility index (Phi) is 4.56. The van der Waals surface area contributed by atoms with Crippen LogP contribution in [0.3, 0.4) is 0 Å². The first kappa shape index (κ1) is 14.3. The van der Waals surface area contributed by atoms with Crippen LogP contribution in [0.25, 0.3) is 11.4 Å². The molecule has 2 rings (SSSR count). The third kappa shape index (κ3) is 3.47. The minimum Gasteiger partial charge on any atom is -0.493 e. The molecule has 0 N–H and O–H groups in total. The zero-order valence-electron chi connectivity index (χ0n) is 12.5. The lowest BCUT2D eigenvalue weighted by Gasteiger charge is -2.14. The number of nitrogens with zero attached hydrogens (tertiary/aromatic N) is 3. The number of para-hydroxylation sites is 1. The molecule has 1 aromatic heterocycles. The topological polar surface area (TPSA) is 38.2 Å². The Hall–Kier alpha value is -2.10. The predicted octanol–water partition coefficient (Wildman–Crippen LogP) is 3.24. The number of anilines is 1. The van der Waals surface area contributed by atoms with Gasteiger partial charge < -0.3 is 9.64 Å². The molecule has 0 atom stereocenters. The van der Waals surface area contributed by atoms with E-state index in [1.165, 1.54) is 0 Å². The van der Waals surface area contributed by atoms with Gasteiger partial charge in [-0.05, 0) is 24.1 Å². The minimum absolute atomic E-state index is 0.483. The molecule has 0 amide bonds. The van der Waals surface area contributed by atoms with Gasteiger partial charge >= 0.3 is 0 Å². The van der Waals surface area contributed by atoms with Crippen LogP contribution in [0.2, 0.25) is 0 Å². The lowest BCUT2D eigenvalue weighted by molar-refractivity contribution is 0.272. The SMILES string of the molecule is CC(C)COc1ccccc1-c1nccc(N(C)C)n1. The second kappa shape index (κ2) is 6.37. The van der Waals surface area contributed by atoms with E-state index in [1.54, 1.807) is 6.20 Å². The van der Waals surface area contributed by atoms with Gasteiger partial charge in [-0.15, -0.1) is 0 Å². The Balaban J connectivity index is 2.34. The molecule has 1 heterocycles. The Bertz CT molecular complexity index is 567. The molecule has 0 aliphatic rings. The molecule has 0 radical (unpaired) electrons. The third-order valence-electron chi connectivity index (χ3n) is 2.80. The third-order valence-corrected chi connectivity index (χ3v) is 2.80. The van der Waals surface area contributed by atoms with E-state index in [0.717, 1.165) is 17.1 Å². The van der Waals surface area contributed by atoms with E-state index in [2.05, 4.69) is 23.8 Å². The zero-order chi connectivity index (χ0) is 14.5. The van der Waals surface area contributed by atoms with Crippen molar-refractivity contribution in [1.29, 1.82) is 0 Å². The predicted molar refractivity (Wildman–Crippen MR) is 82.1 cm³/mol. The fourth-order valence-electron chi connectivity index (χ4n) is 1.76. The van der Waals surface area contributed by atoms with Crippen molar-refractivity contribution in [1.82, 2.24) is 9.97 Å². The minimum atomic E-state index is 0.483. The Morgan fingerprint density at radius 1 is 1.15 bits per heavy atom. The highest BCUT2D eigenvalue weighted by Crippen LogP contribution is 2.28. The summed E-state index contributed by atoms with van der Waals surface area (Å²) >= 11 is 0. The van der Waals surface area contributed by atoms with Crippen LogP contribution in [0.5, 0.6) is 5.75 Å². The maximum absolute atomic E-state index is 5.86. The van der Waals surface area contributed by atoms with Crippen LogP contribution in [0.1, 0.15) is 13.8 Å². The van der Waals surface area contributed by atoms with E-state index in [0.29, 0.717) is 18.3 Å². The van der Waals surface area contributed by atoms with Crippen LogP contribution >= 0.6 is 0 Å². The second-order valence-corrected chi connectivity index (χ2v) is 5.33. The largest absolute Gasteiger partial charge is 0.493 e. The highest BCUT2D eigenvalue weighted by Gasteiger charge is 2.10. The smallest absolute Gasteiger partial charge is 0.165 e. The van der Waals surface area contributed by atoms with Gasteiger partial charge in [-0.1, -0.05) is 26.0 Å². The van der Waals surface area contributed by atoms with Crippen LogP contribution in [-0.2, 0) is 0 Å². The molecular weight excluding hydrogens is 250 g/mol. The molecule has 0 aliphatic carbocycles. The molecule has 2 aromatic rings. The Labute approximate surface area is 120 Å². The van der Waals surface area contributed by atoms with E-state index in [4.69, 9.17) is 4.74 Å². The summed E-state index contributed by atoms with van der Waals surface area (Å²) in [5, 5.41) is 0. The molecule has 0 saturated carbocycles. The van der Waals surface area contributed by atoms with Crippen LogP contribution in [-0.4, -0.2) is 30.7 Å². The van der Waals surface area contributed by atoms with Crippen molar-refractivity contribution in [3.05, 3.63) is 36.5 Å². The summed E-state index contributed by atoms with van der Waals surface area (Å²) in [6, 6.07) is 9.78. The van der Waals surface area contributed by atoms with Crippen molar-refractivity contribution in [2.45, 2.75) is 13.8 Å². The van der Waals surface area contributed by atoms with Crippen LogP contribution in [0.4, 0.5) is 5.82 Å². The van der Waals surface area contributed by atoms with Gasteiger partial charge in [0.2, 0.25) is 0 Å². The van der Waals surface area contributed by atoms with Crippen molar-refractivity contribution in [2.75, 3.05) is 25.6 Å². The second-order valence-electron chi connectivity index (χ2n) is 5.33. The average Bonchev–Trinajstić information content (AvgIpc) is 2.45. The van der Waals surface area contributed by atoms with Crippen LogP contribution < -0.4 is 9.64 Å². The zero-order valence-corrected chi connectivity index (χ0v) is 12.5. The summed E-state index contributed by atoms with van der Waals surface area (Å²) in [4.78, 5) is 10.9. The summed E-state index contributed by atoms with van der Waals surface area (Å²) in [5.41, 5.74) is 0.928. The molecule has 4 nitrogen and oxygen atoms in total. The number of benzene rings is 1. The number of aromatic nitrogens is 2. The standard InChI is InChI=1S/C16H21N3O/c1-12(2)11-20-14-8-6-5-7-13(14)16-17-10-9-15(18-16)19(3)4/h5-10,12H,11H2,1-4H3. The number of rotatable bonds is 5. The molecule has 0 bridgehead atoms. The summed E-state index contributed by atoms with van der Waals surface area (Å²) in [7, 11) is 3.93. The van der Waals surface area contributed by atoms with E-state index >= 15 is 0 Å². The molecule has 20 heavy (non-hydrogen) atoms. The quantitative estimate of drug-likeness (QED) is 0.836. The van der Waals surface area contributed by atoms with Crippen molar-refractivity contribution in [2.24, 2.45) is 5.92 Å². The normalized spacial score (nSPS) is 10.7. The summed E-state index contributed by atoms with van der Waals surface area (Å²) in [6.07, 6.45) is 1.77. The average molecular weight is 271 g/mol. The highest BCUT2D eigenvalue weighted by atomic mass is 16.5. The van der Waals surface area contributed by atoms with Gasteiger partial charge in [0, 0.05) is 20.3 Å². The molecule has 0 saturated heterocycles. The van der Waals surface area contributed by atoms with Gasteiger partial charge in [-0.25, -0.2) is 9.97 Å². The fourth-order valence-corrected chi connectivity index (χ4v) is 1.76. The lowest BCUT2D eigenvalue weighted by Crippen LogP contribution is -2.11. The van der Waals surface area contributed by atoms with Gasteiger partial charge in [-0.3, -0.25) is 0 Å². The van der Waals surface area contributed by atoms with E-state index < -0.39 is 0 Å². The summed E-state index contributed by atoms with van der Waals surface area (Å²) in [5.74, 6) is 2.89. The van der Waals surface area contributed by atoms with Crippen LogP contribution in [0, 0.1) is 5.92 Å². The van der Waals surface area contributed by atoms with Gasteiger partial charge in [0.15, 0.2) is 5.82 Å². The molecule has 4 heteroatoms. The molecular formula is C16H21N3O. The molecule has 0 aliphatic heterocycles. The molecule has 0 spiro atoms. The first-order valence-corrected chi connectivity index (χ1v) is 6.80.